The molecule has 110 valence electrons. The Morgan fingerprint density at radius 1 is 1.20 bits per heavy atom. The lowest BCUT2D eigenvalue weighted by Crippen LogP contribution is -2.46. The molecule has 0 heterocycles. The molecule has 6 atom stereocenters. The van der Waals surface area contributed by atoms with Gasteiger partial charge < -0.3 is 0 Å². The van der Waals surface area contributed by atoms with Crippen LogP contribution in [0.15, 0.2) is 11.6 Å². The van der Waals surface area contributed by atoms with Gasteiger partial charge in [0.15, 0.2) is 0 Å². The number of ketones is 1. The lowest BCUT2D eigenvalue weighted by Gasteiger charge is -2.51. The Bertz CT molecular complexity index is 468. The molecule has 0 spiro atoms. The summed E-state index contributed by atoms with van der Waals surface area (Å²) in [6.45, 7) is 2.22. The quantitative estimate of drug-likeness (QED) is 0.597. The minimum absolute atomic E-state index is 0.0240. The fourth-order valence-electron chi connectivity index (χ4n) is 5.99. The SMILES string of the molecule is C[C@]12CCC3C(CC=C4C[C@@H](F)CC[C@@H]43)C1CCC2=O. The zero-order valence-corrected chi connectivity index (χ0v) is 12.4. The fourth-order valence-corrected chi connectivity index (χ4v) is 5.99. The molecule has 0 aliphatic heterocycles. The highest BCUT2D eigenvalue weighted by Crippen LogP contribution is 2.60. The molecule has 2 heteroatoms. The summed E-state index contributed by atoms with van der Waals surface area (Å²) in [5.41, 5.74) is 1.39. The second kappa shape index (κ2) is 4.42. The average molecular weight is 276 g/mol. The molecule has 3 saturated carbocycles. The number of carbonyl (C=O) groups excluding carboxylic acids is 1. The van der Waals surface area contributed by atoms with Crippen LogP contribution in [0.3, 0.4) is 0 Å². The van der Waals surface area contributed by atoms with Gasteiger partial charge in [-0.2, -0.15) is 0 Å². The Balaban J connectivity index is 1.64. The number of carbonyl (C=O) groups is 1. The van der Waals surface area contributed by atoms with E-state index in [1.165, 1.54) is 12.0 Å². The highest BCUT2D eigenvalue weighted by molar-refractivity contribution is 5.87. The zero-order valence-electron chi connectivity index (χ0n) is 12.4. The summed E-state index contributed by atoms with van der Waals surface area (Å²) in [7, 11) is 0. The van der Waals surface area contributed by atoms with Gasteiger partial charge in [0.25, 0.3) is 0 Å². The Morgan fingerprint density at radius 2 is 2.05 bits per heavy atom. The monoisotopic (exact) mass is 276 g/mol. The molecule has 0 radical (unpaired) electrons. The van der Waals surface area contributed by atoms with Crippen LogP contribution < -0.4 is 0 Å². The molecule has 4 rings (SSSR count). The van der Waals surface area contributed by atoms with E-state index in [2.05, 4.69) is 13.0 Å². The van der Waals surface area contributed by atoms with E-state index >= 15 is 0 Å². The maximum Gasteiger partial charge on any atom is 0.139 e. The van der Waals surface area contributed by atoms with E-state index in [9.17, 15) is 9.18 Å². The van der Waals surface area contributed by atoms with E-state index in [4.69, 9.17) is 0 Å². The van der Waals surface area contributed by atoms with Crippen molar-refractivity contribution >= 4 is 5.78 Å². The van der Waals surface area contributed by atoms with Crippen LogP contribution in [0.1, 0.15) is 58.3 Å². The summed E-state index contributed by atoms with van der Waals surface area (Å²) in [5.74, 6) is 3.20. The van der Waals surface area contributed by atoms with Gasteiger partial charge in [-0.3, -0.25) is 4.79 Å². The van der Waals surface area contributed by atoms with Crippen molar-refractivity contribution in [3.05, 3.63) is 11.6 Å². The third-order valence-electron chi connectivity index (χ3n) is 7.09. The first kappa shape index (κ1) is 13.0. The number of fused-ring (bicyclic) bond motifs is 5. The van der Waals surface area contributed by atoms with Gasteiger partial charge in [-0.25, -0.2) is 4.39 Å². The number of allylic oxidation sites excluding steroid dienone is 2. The highest BCUT2D eigenvalue weighted by atomic mass is 19.1. The normalized spacial score (nSPS) is 51.0. The van der Waals surface area contributed by atoms with Crippen LogP contribution in [-0.2, 0) is 4.79 Å². The number of rotatable bonds is 0. The molecule has 3 fully saturated rings. The maximum atomic E-state index is 13.6. The molecular weight excluding hydrogens is 251 g/mol. The van der Waals surface area contributed by atoms with Gasteiger partial charge in [0, 0.05) is 11.8 Å². The first-order valence-electron chi connectivity index (χ1n) is 8.46. The minimum atomic E-state index is -0.601. The van der Waals surface area contributed by atoms with Gasteiger partial charge in [-0.05, 0) is 68.6 Å². The maximum absolute atomic E-state index is 13.6. The van der Waals surface area contributed by atoms with Crippen molar-refractivity contribution in [3.8, 4) is 0 Å². The van der Waals surface area contributed by atoms with Crippen LogP contribution in [0.4, 0.5) is 4.39 Å². The number of hydrogen-bond acceptors (Lipinski definition) is 1. The smallest absolute Gasteiger partial charge is 0.139 e. The van der Waals surface area contributed by atoms with Gasteiger partial charge in [0.05, 0.1) is 0 Å². The predicted molar refractivity (Wildman–Crippen MR) is 77.0 cm³/mol. The molecule has 0 N–H and O–H groups in total. The van der Waals surface area contributed by atoms with Crippen LogP contribution in [0.5, 0.6) is 0 Å². The summed E-state index contributed by atoms with van der Waals surface area (Å²) in [5, 5.41) is 0. The minimum Gasteiger partial charge on any atom is -0.299 e. The molecule has 0 aromatic carbocycles. The molecule has 4 aliphatic carbocycles. The van der Waals surface area contributed by atoms with Gasteiger partial charge in [-0.1, -0.05) is 18.6 Å². The highest BCUT2D eigenvalue weighted by Gasteiger charge is 2.55. The van der Waals surface area contributed by atoms with Gasteiger partial charge in [0.1, 0.15) is 12.0 Å². The molecule has 0 amide bonds. The largest absolute Gasteiger partial charge is 0.299 e. The van der Waals surface area contributed by atoms with Crippen LogP contribution in [0, 0.1) is 29.1 Å². The second-order valence-corrected chi connectivity index (χ2v) is 7.85. The van der Waals surface area contributed by atoms with E-state index in [0.29, 0.717) is 30.0 Å². The first-order valence-corrected chi connectivity index (χ1v) is 8.46. The molecule has 4 aliphatic rings. The lowest BCUT2D eigenvalue weighted by atomic mass is 9.53. The summed E-state index contributed by atoms with van der Waals surface area (Å²) < 4.78 is 13.6. The van der Waals surface area contributed by atoms with Crippen LogP contribution in [-0.4, -0.2) is 12.0 Å². The molecule has 0 aromatic heterocycles. The van der Waals surface area contributed by atoms with Gasteiger partial charge in [-0.15, -0.1) is 0 Å². The Kier molecular flexibility index (Phi) is 2.88. The third kappa shape index (κ3) is 1.69. The first-order chi connectivity index (χ1) is 9.59. The van der Waals surface area contributed by atoms with E-state index in [1.807, 2.05) is 0 Å². The predicted octanol–water partition coefficient (Wildman–Crippen LogP) is 4.47. The van der Waals surface area contributed by atoms with Crippen molar-refractivity contribution in [3.63, 3.8) is 0 Å². The van der Waals surface area contributed by atoms with E-state index in [1.54, 1.807) is 0 Å². The van der Waals surface area contributed by atoms with E-state index in [0.717, 1.165) is 44.4 Å². The van der Waals surface area contributed by atoms with E-state index < -0.39 is 6.17 Å². The van der Waals surface area contributed by atoms with Crippen molar-refractivity contribution in [2.24, 2.45) is 29.1 Å². The molecule has 0 aromatic rings. The fraction of sp³-hybridized carbons (Fsp3) is 0.833. The molecule has 0 saturated heterocycles. The van der Waals surface area contributed by atoms with Crippen LogP contribution in [0.25, 0.3) is 0 Å². The summed E-state index contributed by atoms with van der Waals surface area (Å²) in [6, 6.07) is 0. The summed E-state index contributed by atoms with van der Waals surface area (Å²) in [4.78, 5) is 12.3. The molecule has 1 nitrogen and oxygen atoms in total. The van der Waals surface area contributed by atoms with Crippen molar-refractivity contribution in [2.75, 3.05) is 0 Å². The second-order valence-electron chi connectivity index (χ2n) is 7.85. The number of hydrogen-bond donors (Lipinski definition) is 0. The molecule has 3 unspecified atom stereocenters. The number of alkyl halides is 1. The Hall–Kier alpha value is -0.660. The van der Waals surface area contributed by atoms with Crippen molar-refractivity contribution < 1.29 is 9.18 Å². The van der Waals surface area contributed by atoms with Crippen molar-refractivity contribution in [2.45, 2.75) is 64.5 Å². The van der Waals surface area contributed by atoms with Crippen molar-refractivity contribution in [1.29, 1.82) is 0 Å². The average Bonchev–Trinajstić information content (AvgIpc) is 2.74. The number of Topliss-reactive ketones (excluding diaryl/α,β-unsaturated/α-hetero) is 1. The van der Waals surface area contributed by atoms with Crippen molar-refractivity contribution in [1.82, 2.24) is 0 Å². The van der Waals surface area contributed by atoms with Crippen LogP contribution in [0.2, 0.25) is 0 Å². The third-order valence-corrected chi connectivity index (χ3v) is 7.09. The molecular formula is C18H25FO. The van der Waals surface area contributed by atoms with Gasteiger partial charge >= 0.3 is 0 Å². The standard InChI is InChI=1S/C18H25FO/c1-18-9-8-14-13-5-3-12(19)10-11(13)2-4-15(14)16(18)6-7-17(18)20/h2,12-16H,3-10H2,1H3/t12-,13-,14?,15?,16?,18-/m0/s1. The number of halogens is 1. The van der Waals surface area contributed by atoms with Gasteiger partial charge in [0.2, 0.25) is 0 Å². The Labute approximate surface area is 121 Å². The Morgan fingerprint density at radius 3 is 2.90 bits per heavy atom. The summed E-state index contributed by atoms with van der Waals surface area (Å²) >= 11 is 0. The zero-order chi connectivity index (χ0) is 13.9. The molecule has 20 heavy (non-hydrogen) atoms. The molecule has 0 bridgehead atoms. The lowest BCUT2D eigenvalue weighted by molar-refractivity contribution is -0.130. The summed E-state index contributed by atoms with van der Waals surface area (Å²) in [6.07, 6.45) is 9.55. The van der Waals surface area contributed by atoms with Crippen LogP contribution >= 0.6 is 0 Å². The van der Waals surface area contributed by atoms with E-state index in [-0.39, 0.29) is 5.41 Å². The topological polar surface area (TPSA) is 17.1 Å².